The molecule has 2 aliphatic heterocycles. The number of hydrogen-bond donors (Lipinski definition) is 12. The molecular weight excluding hydrogens is 1550 g/mol. The molecule has 120 heavy (non-hydrogen) atoms. The van der Waals surface area contributed by atoms with Crippen LogP contribution in [0.2, 0.25) is 0 Å². The topological polar surface area (TPSA) is 297 Å². The standard InChI is InChI=1S/C100H196N2O16S2/c1-5-9-13-17-21-25-29-33-35-37-39-41-43-45-47-49-51-53-57-61-65-69-73-77-89(105)101-83(91(107)85(103)75-71-67-63-59-55-31-27-23-19-15-11-7-3)79-115-99-97(113)95(111)93(109)87(117-99)81-119-120-82-88-94(110)96(112)98(114)100(118-88)116-80-84(92(108)86(104)76-72-68-64-60-56-32-28-24-20-16-12-8-4)102-90(106)78-74-70-66-62-58-54-52-50-48-46-44-42-40-38-36-34-30-26-22-18-14-10-6-2/h83-88,91-100,103-104,107-114H,5-82H2,1-4H3,(H,101,105)(H,102,106)/t83-,84-,85+,86+,87+,88+,91-,92-,93-,94-,95-,96-,97+,98+,99-,100-/m0/s1. The average Bonchev–Trinajstić information content (AvgIpc) is 0.818. The van der Waals surface area contributed by atoms with E-state index in [-0.39, 0.29) is 49.4 Å². The first-order chi connectivity index (χ1) is 58.6. The van der Waals surface area contributed by atoms with Crippen LogP contribution < -0.4 is 10.6 Å². The van der Waals surface area contributed by atoms with Gasteiger partial charge in [0.25, 0.3) is 0 Å². The summed E-state index contributed by atoms with van der Waals surface area (Å²) in [5.74, 6) is -0.527. The molecule has 0 spiro atoms. The fourth-order valence-corrected chi connectivity index (χ4v) is 19.8. The smallest absolute Gasteiger partial charge is 0.220 e. The van der Waals surface area contributed by atoms with Gasteiger partial charge in [0.1, 0.15) is 48.8 Å². The molecule has 0 aromatic heterocycles. The van der Waals surface area contributed by atoms with Crippen molar-refractivity contribution in [2.45, 2.75) is 601 Å². The van der Waals surface area contributed by atoms with E-state index < -0.39 is 97.9 Å². The Bertz CT molecular complexity index is 2040. The highest BCUT2D eigenvalue weighted by Gasteiger charge is 2.47. The molecule has 0 unspecified atom stereocenters. The number of rotatable bonds is 91. The van der Waals surface area contributed by atoms with Gasteiger partial charge in [-0.25, -0.2) is 0 Å². The number of nitrogens with one attached hydrogen (secondary N) is 2. The normalized spacial score (nSPS) is 21.1. The van der Waals surface area contributed by atoms with Crippen molar-refractivity contribution in [2.75, 3.05) is 24.7 Å². The van der Waals surface area contributed by atoms with E-state index in [4.69, 9.17) is 18.9 Å². The second kappa shape index (κ2) is 83.7. The van der Waals surface area contributed by atoms with Crippen molar-refractivity contribution in [3.05, 3.63) is 0 Å². The van der Waals surface area contributed by atoms with Crippen LogP contribution in [0.3, 0.4) is 0 Å². The van der Waals surface area contributed by atoms with Gasteiger partial charge < -0.3 is 80.6 Å². The monoisotopic (exact) mass is 1750 g/mol. The van der Waals surface area contributed by atoms with E-state index in [0.29, 0.717) is 38.5 Å². The Hall–Kier alpha value is -0.920. The van der Waals surface area contributed by atoms with Gasteiger partial charge in [-0.2, -0.15) is 0 Å². The summed E-state index contributed by atoms with van der Waals surface area (Å²) < 4.78 is 24.4. The molecule has 0 radical (unpaired) electrons. The summed E-state index contributed by atoms with van der Waals surface area (Å²) in [6.45, 7) is 8.29. The molecule has 2 heterocycles. The van der Waals surface area contributed by atoms with Gasteiger partial charge in [-0.3, -0.25) is 9.59 Å². The van der Waals surface area contributed by atoms with Crippen molar-refractivity contribution in [2.24, 2.45) is 0 Å². The molecule has 0 aliphatic carbocycles. The van der Waals surface area contributed by atoms with Crippen LogP contribution in [-0.2, 0) is 28.5 Å². The highest BCUT2D eigenvalue weighted by atomic mass is 33.1. The van der Waals surface area contributed by atoms with Crippen molar-refractivity contribution in [1.29, 1.82) is 0 Å². The lowest BCUT2D eigenvalue weighted by Gasteiger charge is -2.41. The lowest BCUT2D eigenvalue weighted by atomic mass is 9.98. The number of aliphatic hydroxyl groups is 10. The highest BCUT2D eigenvalue weighted by Crippen LogP contribution is 2.34. The largest absolute Gasteiger partial charge is 0.390 e. The molecule has 18 nitrogen and oxygen atoms in total. The van der Waals surface area contributed by atoms with Crippen LogP contribution in [0.25, 0.3) is 0 Å². The number of aliphatic hydroxyl groups excluding tert-OH is 10. The summed E-state index contributed by atoms with van der Waals surface area (Å²) in [5.41, 5.74) is 0. The minimum absolute atomic E-state index is 0.0317. The molecule has 16 atom stereocenters. The molecule has 2 amide bonds. The summed E-state index contributed by atoms with van der Waals surface area (Å²) in [5, 5.41) is 119. The van der Waals surface area contributed by atoms with Crippen molar-refractivity contribution >= 4 is 33.4 Å². The Morgan fingerprint density at radius 2 is 0.450 bits per heavy atom. The second-order valence-electron chi connectivity index (χ2n) is 37.1. The van der Waals surface area contributed by atoms with E-state index in [2.05, 4.69) is 38.3 Å². The van der Waals surface area contributed by atoms with E-state index in [9.17, 15) is 60.7 Å². The van der Waals surface area contributed by atoms with Gasteiger partial charge in [-0.1, -0.05) is 486 Å². The van der Waals surface area contributed by atoms with E-state index in [1.54, 1.807) is 0 Å². The molecule has 2 aliphatic rings. The van der Waals surface area contributed by atoms with Gasteiger partial charge in [0.2, 0.25) is 11.8 Å². The van der Waals surface area contributed by atoms with Crippen molar-refractivity contribution < 1.29 is 79.6 Å². The average molecular weight is 1750 g/mol. The summed E-state index contributed by atoms with van der Waals surface area (Å²) in [7, 11) is 2.38. The van der Waals surface area contributed by atoms with Gasteiger partial charge in [0.05, 0.1) is 49.7 Å². The molecule has 714 valence electrons. The van der Waals surface area contributed by atoms with E-state index in [0.717, 1.165) is 77.0 Å². The summed E-state index contributed by atoms with van der Waals surface area (Å²) >= 11 is 0. The summed E-state index contributed by atoms with van der Waals surface area (Å²) in [6, 6.07) is -2.17. The van der Waals surface area contributed by atoms with Gasteiger partial charge in [0.15, 0.2) is 12.6 Å². The SMILES string of the molecule is CCCCCCCCCCCCCCCCCCCCCCCCCC(=O)N[C@@H](CO[C@H]1O[C@H](CSSC[C@H]2O[C@H](OC[C@H](NC(=O)CCCCCCCCCCCCCCCCCCCCCCCCC)[C@H](O)[C@H](O)CCCCCCCCCCCCCC)[C@H](O)[C@@H](O)[C@H]2O)[C@H](O)[C@H](O)[C@H]1O)[C@H](O)[C@H](O)CCCCCCCCCCCCCC. The molecule has 2 saturated heterocycles. The van der Waals surface area contributed by atoms with Gasteiger partial charge in [-0.15, -0.1) is 0 Å². The van der Waals surface area contributed by atoms with Crippen molar-refractivity contribution in [3.63, 3.8) is 0 Å². The molecule has 0 aromatic rings. The summed E-state index contributed by atoms with van der Waals surface area (Å²) in [6.07, 6.45) is 67.5. The van der Waals surface area contributed by atoms with Crippen LogP contribution in [0, 0.1) is 0 Å². The lowest BCUT2D eigenvalue weighted by molar-refractivity contribution is -0.294. The number of unbranched alkanes of at least 4 members (excludes halogenated alkanes) is 66. The maximum Gasteiger partial charge on any atom is 0.220 e. The molecule has 20 heteroatoms. The predicted octanol–water partition coefficient (Wildman–Crippen LogP) is 23.4. The quantitative estimate of drug-likeness (QED) is 0.0199. The Labute approximate surface area is 744 Å². The Morgan fingerprint density at radius 3 is 0.650 bits per heavy atom. The Balaban J connectivity index is 1.95. The number of carbonyl (C=O) groups excluding carboxylic acids is 2. The van der Waals surface area contributed by atoms with Crippen LogP contribution in [0.15, 0.2) is 0 Å². The molecule has 2 rings (SSSR count). The fraction of sp³-hybridized carbons (Fsp3) is 0.980. The zero-order chi connectivity index (χ0) is 87.2. The van der Waals surface area contributed by atoms with Gasteiger partial charge in [-0.05, 0) is 25.7 Å². The molecule has 0 bridgehead atoms. The Kier molecular flexibility index (Phi) is 80.3. The minimum atomic E-state index is -1.71. The van der Waals surface area contributed by atoms with Gasteiger partial charge in [0, 0.05) is 24.3 Å². The minimum Gasteiger partial charge on any atom is -0.390 e. The predicted molar refractivity (Wildman–Crippen MR) is 502 cm³/mol. The molecular formula is C100H196N2O16S2. The number of amides is 2. The first-order valence-corrected chi connectivity index (χ1v) is 54.3. The van der Waals surface area contributed by atoms with Crippen molar-refractivity contribution in [3.8, 4) is 0 Å². The Morgan fingerprint density at radius 1 is 0.267 bits per heavy atom. The first-order valence-electron chi connectivity index (χ1n) is 51.8. The van der Waals surface area contributed by atoms with Crippen LogP contribution in [-0.4, -0.2) is 186 Å². The van der Waals surface area contributed by atoms with Crippen LogP contribution >= 0.6 is 21.6 Å². The number of ether oxygens (including phenoxy) is 4. The molecule has 0 aromatic carbocycles. The van der Waals surface area contributed by atoms with Crippen LogP contribution in [0.4, 0.5) is 0 Å². The van der Waals surface area contributed by atoms with E-state index in [1.165, 1.54) is 368 Å². The molecule has 2 fully saturated rings. The third kappa shape index (κ3) is 63.1. The van der Waals surface area contributed by atoms with E-state index >= 15 is 0 Å². The lowest BCUT2D eigenvalue weighted by Crippen LogP contribution is -2.60. The fourth-order valence-electron chi connectivity index (χ4n) is 17.4. The third-order valence-electron chi connectivity index (χ3n) is 25.8. The van der Waals surface area contributed by atoms with Crippen molar-refractivity contribution in [1.82, 2.24) is 10.6 Å². The maximum atomic E-state index is 13.6. The van der Waals surface area contributed by atoms with Crippen LogP contribution in [0.1, 0.15) is 503 Å². The second-order valence-corrected chi connectivity index (χ2v) is 39.7. The third-order valence-corrected chi connectivity index (χ3v) is 28.2. The highest BCUT2D eigenvalue weighted by molar-refractivity contribution is 8.76. The molecule has 0 saturated carbocycles. The van der Waals surface area contributed by atoms with E-state index in [1.807, 2.05) is 0 Å². The summed E-state index contributed by atoms with van der Waals surface area (Å²) in [4.78, 5) is 27.2. The number of carbonyl (C=O) groups is 2. The number of hydrogen-bond acceptors (Lipinski definition) is 18. The maximum absolute atomic E-state index is 13.6. The first kappa shape index (κ1) is 115. The van der Waals surface area contributed by atoms with Gasteiger partial charge >= 0.3 is 0 Å². The zero-order valence-electron chi connectivity index (χ0n) is 78.1. The molecule has 12 N–H and O–H groups in total. The zero-order valence-corrected chi connectivity index (χ0v) is 79.8. The van der Waals surface area contributed by atoms with Crippen LogP contribution in [0.5, 0.6) is 0 Å².